The number of aryl methyl sites for hydroxylation is 1. The van der Waals surface area contributed by atoms with Crippen LogP contribution in [0, 0.1) is 17.0 Å². The molecule has 1 aromatic heterocycles. The van der Waals surface area contributed by atoms with Crippen LogP contribution in [0.2, 0.25) is 0 Å². The van der Waals surface area contributed by atoms with Gasteiger partial charge in [-0.15, -0.1) is 0 Å². The Morgan fingerprint density at radius 3 is 2.31 bits per heavy atom. The molecule has 1 unspecified atom stereocenters. The molecule has 3 aromatic rings. The van der Waals surface area contributed by atoms with Crippen LogP contribution in [0.15, 0.2) is 53.1 Å². The van der Waals surface area contributed by atoms with Crippen LogP contribution < -0.4 is 14.8 Å². The third-order valence-corrected chi connectivity index (χ3v) is 4.36. The number of nitro groups is 1. The molecule has 1 heterocycles. The van der Waals surface area contributed by atoms with Crippen molar-refractivity contribution in [1.82, 2.24) is 5.16 Å². The van der Waals surface area contributed by atoms with Crippen molar-refractivity contribution in [3.8, 4) is 11.5 Å². The van der Waals surface area contributed by atoms with Gasteiger partial charge in [-0.2, -0.15) is 0 Å². The van der Waals surface area contributed by atoms with Gasteiger partial charge < -0.3 is 24.1 Å². The quantitative estimate of drug-likeness (QED) is 0.316. The molecule has 0 saturated heterocycles. The maximum Gasteiger partial charge on any atom is 0.346 e. The number of carbonyl (C=O) groups is 2. The van der Waals surface area contributed by atoms with E-state index in [1.807, 2.05) is 0 Å². The number of ether oxygens (including phenoxy) is 3. The summed E-state index contributed by atoms with van der Waals surface area (Å²) in [6.45, 7) is 1.65. The normalized spacial score (nSPS) is 11.3. The highest BCUT2D eigenvalue weighted by Gasteiger charge is 2.31. The van der Waals surface area contributed by atoms with Gasteiger partial charge in [0.15, 0.2) is 17.3 Å². The van der Waals surface area contributed by atoms with E-state index < -0.39 is 34.2 Å². The third kappa shape index (κ3) is 4.83. The topological polar surface area (TPSA) is 143 Å². The van der Waals surface area contributed by atoms with Gasteiger partial charge in [0, 0.05) is 17.7 Å². The summed E-state index contributed by atoms with van der Waals surface area (Å²) in [6.07, 6.45) is -1.42. The van der Waals surface area contributed by atoms with Crippen molar-refractivity contribution in [2.45, 2.75) is 13.0 Å². The molecule has 1 N–H and O–H groups in total. The molecule has 0 bridgehead atoms. The van der Waals surface area contributed by atoms with E-state index in [-0.39, 0.29) is 17.3 Å². The van der Waals surface area contributed by atoms with Gasteiger partial charge in [0.25, 0.3) is 11.6 Å². The first-order chi connectivity index (χ1) is 15.3. The van der Waals surface area contributed by atoms with Crippen LogP contribution in [0.5, 0.6) is 11.5 Å². The molecule has 0 radical (unpaired) electrons. The van der Waals surface area contributed by atoms with Gasteiger partial charge in [-0.05, 0) is 6.92 Å². The van der Waals surface area contributed by atoms with Gasteiger partial charge >= 0.3 is 5.97 Å². The predicted molar refractivity (Wildman–Crippen MR) is 111 cm³/mol. The molecule has 0 aliphatic carbocycles. The average Bonchev–Trinajstić information content (AvgIpc) is 3.20. The lowest BCUT2D eigenvalue weighted by atomic mass is 10.1. The summed E-state index contributed by atoms with van der Waals surface area (Å²) in [5, 5.41) is 17.7. The number of hydrogen-bond acceptors (Lipinski definition) is 9. The Balaban J connectivity index is 1.96. The SMILES string of the molecule is COc1cc(C(=O)OC(C(=O)Nc2cc(C)on2)c2ccccc2)c([N+](=O)[O-])cc1OC. The fraction of sp³-hybridized carbons (Fsp3) is 0.190. The van der Waals surface area contributed by atoms with Crippen molar-refractivity contribution in [3.63, 3.8) is 0 Å². The second-order valence-electron chi connectivity index (χ2n) is 6.49. The highest BCUT2D eigenvalue weighted by molar-refractivity contribution is 5.99. The minimum Gasteiger partial charge on any atom is -0.493 e. The molecule has 11 nitrogen and oxygen atoms in total. The number of methoxy groups -OCH3 is 2. The minimum atomic E-state index is -1.42. The van der Waals surface area contributed by atoms with E-state index in [4.69, 9.17) is 18.7 Å². The molecule has 32 heavy (non-hydrogen) atoms. The van der Waals surface area contributed by atoms with Crippen molar-refractivity contribution in [3.05, 3.63) is 75.5 Å². The summed E-state index contributed by atoms with van der Waals surface area (Å²) in [4.78, 5) is 36.6. The largest absolute Gasteiger partial charge is 0.493 e. The van der Waals surface area contributed by atoms with Crippen LogP contribution in [-0.2, 0) is 9.53 Å². The molecular formula is C21H19N3O8. The maximum absolute atomic E-state index is 12.9. The molecule has 0 fully saturated rings. The molecule has 11 heteroatoms. The minimum absolute atomic E-state index is 0.0644. The van der Waals surface area contributed by atoms with Gasteiger partial charge in [0.1, 0.15) is 11.3 Å². The molecule has 0 aliphatic rings. The Kier molecular flexibility index (Phi) is 6.68. The summed E-state index contributed by atoms with van der Waals surface area (Å²) < 4.78 is 20.5. The Labute approximate surface area is 182 Å². The van der Waals surface area contributed by atoms with Gasteiger partial charge in [-0.3, -0.25) is 14.9 Å². The summed E-state index contributed by atoms with van der Waals surface area (Å²) in [5.74, 6) is -1.08. The van der Waals surface area contributed by atoms with E-state index in [1.165, 1.54) is 20.3 Å². The molecular weight excluding hydrogens is 422 g/mol. The number of hydrogen-bond donors (Lipinski definition) is 1. The first-order valence-electron chi connectivity index (χ1n) is 9.24. The zero-order valence-electron chi connectivity index (χ0n) is 17.4. The van der Waals surface area contributed by atoms with Crippen LogP contribution in [0.4, 0.5) is 11.5 Å². The summed E-state index contributed by atoms with van der Waals surface area (Å²) >= 11 is 0. The van der Waals surface area contributed by atoms with Crippen molar-refractivity contribution in [1.29, 1.82) is 0 Å². The first-order valence-corrected chi connectivity index (χ1v) is 9.24. The number of nitrogens with one attached hydrogen (secondary N) is 1. The Bertz CT molecular complexity index is 1140. The Morgan fingerprint density at radius 1 is 1.09 bits per heavy atom. The van der Waals surface area contributed by atoms with Gasteiger partial charge in [0.2, 0.25) is 6.10 Å². The van der Waals surface area contributed by atoms with Crippen molar-refractivity contribution in [2.24, 2.45) is 0 Å². The van der Waals surface area contributed by atoms with E-state index in [0.29, 0.717) is 11.3 Å². The number of anilines is 1. The monoisotopic (exact) mass is 441 g/mol. The van der Waals surface area contributed by atoms with Gasteiger partial charge in [-0.1, -0.05) is 35.5 Å². The van der Waals surface area contributed by atoms with Crippen LogP contribution in [0.3, 0.4) is 0 Å². The highest BCUT2D eigenvalue weighted by Crippen LogP contribution is 2.35. The van der Waals surface area contributed by atoms with Crippen molar-refractivity contribution >= 4 is 23.4 Å². The van der Waals surface area contributed by atoms with E-state index in [2.05, 4.69) is 10.5 Å². The fourth-order valence-electron chi connectivity index (χ4n) is 2.87. The molecule has 0 aliphatic heterocycles. The van der Waals surface area contributed by atoms with E-state index in [0.717, 1.165) is 12.1 Å². The lowest BCUT2D eigenvalue weighted by molar-refractivity contribution is -0.385. The molecule has 1 atom stereocenters. The number of rotatable bonds is 8. The average molecular weight is 441 g/mol. The molecule has 0 spiro atoms. The Hall–Kier alpha value is -4.41. The van der Waals surface area contributed by atoms with E-state index >= 15 is 0 Å². The van der Waals surface area contributed by atoms with E-state index in [1.54, 1.807) is 37.3 Å². The van der Waals surface area contributed by atoms with Gasteiger partial charge in [-0.25, -0.2) is 4.79 Å². The highest BCUT2D eigenvalue weighted by atomic mass is 16.6. The van der Waals surface area contributed by atoms with Crippen LogP contribution >= 0.6 is 0 Å². The zero-order valence-corrected chi connectivity index (χ0v) is 17.4. The molecule has 0 saturated carbocycles. The zero-order chi connectivity index (χ0) is 23.3. The summed E-state index contributed by atoms with van der Waals surface area (Å²) in [5.41, 5.74) is -0.618. The predicted octanol–water partition coefficient (Wildman–Crippen LogP) is 3.45. The van der Waals surface area contributed by atoms with E-state index in [9.17, 15) is 19.7 Å². The summed E-state index contributed by atoms with van der Waals surface area (Å²) in [6, 6.07) is 11.8. The lowest BCUT2D eigenvalue weighted by Crippen LogP contribution is -2.26. The number of nitro benzene ring substituents is 1. The van der Waals surface area contributed by atoms with Crippen LogP contribution in [0.1, 0.15) is 27.8 Å². The van der Waals surface area contributed by atoms with Crippen molar-refractivity contribution < 1.29 is 33.2 Å². The smallest absolute Gasteiger partial charge is 0.346 e. The number of benzene rings is 2. The number of aromatic nitrogens is 1. The maximum atomic E-state index is 12.9. The number of nitrogens with zero attached hydrogens (tertiary/aromatic N) is 2. The molecule has 3 rings (SSSR count). The molecule has 1 amide bonds. The number of amides is 1. The second kappa shape index (κ2) is 9.60. The lowest BCUT2D eigenvalue weighted by Gasteiger charge is -2.18. The third-order valence-electron chi connectivity index (χ3n) is 4.36. The van der Waals surface area contributed by atoms with Crippen LogP contribution in [-0.4, -0.2) is 36.2 Å². The van der Waals surface area contributed by atoms with Gasteiger partial charge in [0.05, 0.1) is 25.2 Å². The van der Waals surface area contributed by atoms with Crippen LogP contribution in [0.25, 0.3) is 0 Å². The molecule has 2 aromatic carbocycles. The standard InChI is InChI=1S/C21H19N3O8/c1-12-9-18(23-32-12)22-20(25)19(13-7-5-4-6-8-13)31-21(26)14-10-16(29-2)17(30-3)11-15(14)24(27)28/h4-11,19H,1-3H3,(H,22,23,25). The molecule has 166 valence electrons. The fourth-order valence-corrected chi connectivity index (χ4v) is 2.87. The second-order valence-corrected chi connectivity index (χ2v) is 6.49. The Morgan fingerprint density at radius 2 is 1.75 bits per heavy atom. The first kappa shape index (κ1) is 22.3. The van der Waals surface area contributed by atoms with Crippen molar-refractivity contribution in [2.75, 3.05) is 19.5 Å². The number of esters is 1. The summed E-state index contributed by atoms with van der Waals surface area (Å²) in [7, 11) is 2.62. The number of carbonyl (C=O) groups excluding carboxylic acids is 2.